The highest BCUT2D eigenvalue weighted by molar-refractivity contribution is 5.95. The van der Waals surface area contributed by atoms with E-state index in [0.717, 1.165) is 48.3 Å². The van der Waals surface area contributed by atoms with Crippen molar-refractivity contribution in [1.29, 1.82) is 0 Å². The summed E-state index contributed by atoms with van der Waals surface area (Å²) in [5.74, 6) is 1.01. The van der Waals surface area contributed by atoms with Gasteiger partial charge in [0.25, 0.3) is 5.91 Å². The highest BCUT2D eigenvalue weighted by Gasteiger charge is 2.53. The molecule has 1 aliphatic heterocycles. The van der Waals surface area contributed by atoms with E-state index in [4.69, 9.17) is 0 Å². The molecule has 2 aliphatic rings. The van der Waals surface area contributed by atoms with Gasteiger partial charge in [0.05, 0.1) is 17.5 Å². The fourth-order valence-electron chi connectivity index (χ4n) is 4.07. The van der Waals surface area contributed by atoms with E-state index in [-0.39, 0.29) is 18.1 Å². The van der Waals surface area contributed by atoms with E-state index in [1.165, 1.54) is 0 Å². The van der Waals surface area contributed by atoms with Crippen LogP contribution in [0.25, 0.3) is 11.0 Å². The van der Waals surface area contributed by atoms with E-state index in [1.807, 2.05) is 41.4 Å². The Bertz CT molecular complexity index is 993. The zero-order valence-corrected chi connectivity index (χ0v) is 14.9. The van der Waals surface area contributed by atoms with Crippen molar-refractivity contribution in [3.05, 3.63) is 54.0 Å². The van der Waals surface area contributed by atoms with Crippen LogP contribution >= 0.6 is 0 Å². The van der Waals surface area contributed by atoms with Gasteiger partial charge < -0.3 is 19.9 Å². The Hall–Kier alpha value is -2.93. The first-order chi connectivity index (χ1) is 13.2. The van der Waals surface area contributed by atoms with Crippen molar-refractivity contribution in [3.8, 4) is 0 Å². The molecule has 2 aromatic heterocycles. The number of hydrogen-bond acceptors (Lipinski definition) is 5. The molecule has 138 valence electrons. The molecule has 7 nitrogen and oxygen atoms in total. The maximum absolute atomic E-state index is 13.1. The van der Waals surface area contributed by atoms with E-state index in [9.17, 15) is 9.90 Å². The number of fused-ring (bicyclic) bond motifs is 1. The highest BCUT2D eigenvalue weighted by atomic mass is 16.3. The van der Waals surface area contributed by atoms with Gasteiger partial charge in [-0.25, -0.2) is 9.97 Å². The summed E-state index contributed by atoms with van der Waals surface area (Å²) in [5.41, 5.74) is 2.24. The highest BCUT2D eigenvalue weighted by Crippen LogP contribution is 2.46. The predicted molar refractivity (Wildman–Crippen MR) is 101 cm³/mol. The number of aliphatic hydroxyl groups excluding tert-OH is 1. The van der Waals surface area contributed by atoms with E-state index < -0.39 is 0 Å². The first kappa shape index (κ1) is 16.3. The molecule has 5 rings (SSSR count). The minimum absolute atomic E-state index is 0.0103. The lowest BCUT2D eigenvalue weighted by Crippen LogP contribution is -2.57. The monoisotopic (exact) mass is 363 g/mol. The minimum atomic E-state index is -0.0986. The Kier molecular flexibility index (Phi) is 3.65. The Morgan fingerprint density at radius 3 is 2.70 bits per heavy atom. The van der Waals surface area contributed by atoms with Crippen LogP contribution in [0.5, 0.6) is 0 Å². The maximum atomic E-state index is 13.1. The summed E-state index contributed by atoms with van der Waals surface area (Å²) in [5, 5.41) is 10.2. The number of piperazine rings is 1. The number of H-pyrrole nitrogens is 1. The second kappa shape index (κ2) is 6.06. The van der Waals surface area contributed by atoms with E-state index in [0.29, 0.717) is 12.1 Å². The standard InChI is InChI=1S/C20H21N5O2/c26-11-14-1-3-15(4-2-14)19(27)25-10-9-24(12-20(25)6-7-20)18-16-5-8-21-17(16)22-13-23-18/h1-5,8,13,26H,6-7,9-12H2,(H,21,22,23). The summed E-state index contributed by atoms with van der Waals surface area (Å²) >= 11 is 0. The number of nitrogens with one attached hydrogen (secondary N) is 1. The zero-order valence-electron chi connectivity index (χ0n) is 14.9. The third kappa shape index (κ3) is 2.66. The minimum Gasteiger partial charge on any atom is -0.392 e. The van der Waals surface area contributed by atoms with Crippen LogP contribution in [0.4, 0.5) is 5.82 Å². The number of anilines is 1. The third-order valence-corrected chi connectivity index (χ3v) is 5.74. The Balaban J connectivity index is 1.39. The van der Waals surface area contributed by atoms with Crippen molar-refractivity contribution >= 4 is 22.8 Å². The van der Waals surface area contributed by atoms with Crippen molar-refractivity contribution in [3.63, 3.8) is 0 Å². The number of nitrogens with zero attached hydrogens (tertiary/aromatic N) is 4. The molecule has 1 aliphatic carbocycles. The number of rotatable bonds is 3. The third-order valence-electron chi connectivity index (χ3n) is 5.74. The summed E-state index contributed by atoms with van der Waals surface area (Å²) in [7, 11) is 0. The fraction of sp³-hybridized carbons (Fsp3) is 0.350. The molecule has 7 heteroatoms. The van der Waals surface area contributed by atoms with Gasteiger partial charge in [-0.2, -0.15) is 0 Å². The second-order valence-corrected chi connectivity index (χ2v) is 7.39. The van der Waals surface area contributed by atoms with Crippen LogP contribution in [-0.4, -0.2) is 56.0 Å². The number of carbonyl (C=O) groups is 1. The molecule has 1 saturated carbocycles. The Morgan fingerprint density at radius 1 is 1.15 bits per heavy atom. The predicted octanol–water partition coefficient (Wildman–Crippen LogP) is 1.95. The molecule has 0 unspecified atom stereocenters. The smallest absolute Gasteiger partial charge is 0.254 e. The Labute approximate surface area is 156 Å². The van der Waals surface area contributed by atoms with Crippen LogP contribution in [-0.2, 0) is 6.61 Å². The average Bonchev–Trinajstić information content (AvgIpc) is 3.29. The lowest BCUT2D eigenvalue weighted by Gasteiger charge is -2.43. The van der Waals surface area contributed by atoms with Gasteiger partial charge in [-0.1, -0.05) is 12.1 Å². The molecule has 2 fully saturated rings. The SMILES string of the molecule is O=C(c1ccc(CO)cc1)N1CCN(c2ncnc3[nH]ccc23)CC12CC2. The van der Waals surface area contributed by atoms with Crippen molar-refractivity contribution in [2.75, 3.05) is 24.5 Å². The summed E-state index contributed by atoms with van der Waals surface area (Å²) in [6.07, 6.45) is 5.51. The van der Waals surface area contributed by atoms with Crippen LogP contribution in [0.15, 0.2) is 42.9 Å². The molecule has 1 spiro atoms. The molecule has 27 heavy (non-hydrogen) atoms. The number of carbonyl (C=O) groups excluding carboxylic acids is 1. The largest absolute Gasteiger partial charge is 0.392 e. The van der Waals surface area contributed by atoms with Gasteiger partial charge in [0.1, 0.15) is 17.8 Å². The lowest BCUT2D eigenvalue weighted by molar-refractivity contribution is 0.0624. The van der Waals surface area contributed by atoms with E-state index >= 15 is 0 Å². The van der Waals surface area contributed by atoms with Crippen LogP contribution in [0.1, 0.15) is 28.8 Å². The van der Waals surface area contributed by atoms with Gasteiger partial charge in [0, 0.05) is 31.4 Å². The fourth-order valence-corrected chi connectivity index (χ4v) is 4.07. The number of hydrogen-bond donors (Lipinski definition) is 2. The maximum Gasteiger partial charge on any atom is 0.254 e. The summed E-state index contributed by atoms with van der Waals surface area (Å²) in [6.45, 7) is 2.21. The number of aromatic nitrogens is 3. The van der Waals surface area contributed by atoms with Gasteiger partial charge >= 0.3 is 0 Å². The molecule has 1 amide bonds. The van der Waals surface area contributed by atoms with Crippen molar-refractivity contribution in [2.45, 2.75) is 25.0 Å². The normalized spacial score (nSPS) is 18.3. The molecular weight excluding hydrogens is 342 g/mol. The molecule has 3 heterocycles. The van der Waals surface area contributed by atoms with Gasteiger partial charge in [0.15, 0.2) is 0 Å². The van der Waals surface area contributed by atoms with Crippen LogP contribution in [0.2, 0.25) is 0 Å². The topological polar surface area (TPSA) is 85.3 Å². The summed E-state index contributed by atoms with van der Waals surface area (Å²) in [4.78, 5) is 29.3. The number of amides is 1. The zero-order chi connectivity index (χ0) is 18.4. The molecule has 2 N–H and O–H groups in total. The van der Waals surface area contributed by atoms with Crippen molar-refractivity contribution < 1.29 is 9.90 Å². The number of aliphatic hydroxyl groups is 1. The van der Waals surface area contributed by atoms with Gasteiger partial charge in [-0.05, 0) is 36.6 Å². The molecule has 0 bridgehead atoms. The van der Waals surface area contributed by atoms with Gasteiger partial charge in [0.2, 0.25) is 0 Å². The van der Waals surface area contributed by atoms with E-state index in [1.54, 1.807) is 6.33 Å². The number of aromatic amines is 1. The summed E-state index contributed by atoms with van der Waals surface area (Å²) in [6, 6.07) is 9.25. The van der Waals surface area contributed by atoms with Crippen LogP contribution in [0.3, 0.4) is 0 Å². The molecule has 1 saturated heterocycles. The second-order valence-electron chi connectivity index (χ2n) is 7.39. The molecule has 0 atom stereocenters. The Morgan fingerprint density at radius 2 is 1.96 bits per heavy atom. The van der Waals surface area contributed by atoms with Gasteiger partial charge in [-0.3, -0.25) is 4.79 Å². The molecule has 3 aromatic rings. The summed E-state index contributed by atoms with van der Waals surface area (Å²) < 4.78 is 0. The first-order valence-corrected chi connectivity index (χ1v) is 9.25. The van der Waals surface area contributed by atoms with Crippen LogP contribution in [0, 0.1) is 0 Å². The average molecular weight is 363 g/mol. The van der Waals surface area contributed by atoms with Crippen molar-refractivity contribution in [2.24, 2.45) is 0 Å². The van der Waals surface area contributed by atoms with Gasteiger partial charge in [-0.15, -0.1) is 0 Å². The molecular formula is C20H21N5O2. The quantitative estimate of drug-likeness (QED) is 0.743. The molecule has 0 radical (unpaired) electrons. The van der Waals surface area contributed by atoms with E-state index in [2.05, 4.69) is 19.9 Å². The lowest BCUT2D eigenvalue weighted by atomic mass is 10.1. The van der Waals surface area contributed by atoms with Crippen LogP contribution < -0.4 is 4.90 Å². The molecule has 1 aromatic carbocycles. The first-order valence-electron chi connectivity index (χ1n) is 9.25. The van der Waals surface area contributed by atoms with Crippen molar-refractivity contribution in [1.82, 2.24) is 19.9 Å². The number of benzene rings is 1.